The predicted molar refractivity (Wildman–Crippen MR) is 109 cm³/mol. The van der Waals surface area contributed by atoms with Gasteiger partial charge in [0.05, 0.1) is 40.4 Å². The molecule has 0 aromatic heterocycles. The van der Waals surface area contributed by atoms with E-state index in [0.29, 0.717) is 27.8 Å². The number of hydrogen-bond donors (Lipinski definition) is 1. The molecule has 0 saturated carbocycles. The number of hydrogen-bond acceptors (Lipinski definition) is 6. The molecule has 29 heavy (non-hydrogen) atoms. The number of carbonyl (C=O) groups excluding carboxylic acids is 2. The molecule has 0 aliphatic heterocycles. The summed E-state index contributed by atoms with van der Waals surface area (Å²) < 4.78 is 20.9. The van der Waals surface area contributed by atoms with Gasteiger partial charge in [0, 0.05) is 10.6 Å². The van der Waals surface area contributed by atoms with E-state index in [4.69, 9.17) is 30.5 Å². The van der Waals surface area contributed by atoms with Gasteiger partial charge in [-0.3, -0.25) is 9.59 Å². The smallest absolute Gasteiger partial charge is 0.308 e. The Labute approximate surface area is 174 Å². The quantitative estimate of drug-likeness (QED) is 0.620. The van der Waals surface area contributed by atoms with Crippen molar-refractivity contribution in [1.82, 2.24) is 5.32 Å². The summed E-state index contributed by atoms with van der Waals surface area (Å²) in [6.45, 7) is 1.96. The molecule has 7 nitrogen and oxygen atoms in total. The van der Waals surface area contributed by atoms with Crippen LogP contribution in [-0.4, -0.2) is 39.8 Å². The Morgan fingerprint density at radius 2 is 1.66 bits per heavy atom. The first-order valence-corrected chi connectivity index (χ1v) is 9.33. The van der Waals surface area contributed by atoms with Gasteiger partial charge in [0.2, 0.25) is 5.75 Å². The summed E-state index contributed by atoms with van der Waals surface area (Å²) in [4.78, 5) is 25.0. The molecule has 1 N–H and O–H groups in total. The molecular formula is C21H24ClNO6. The van der Waals surface area contributed by atoms with Gasteiger partial charge in [0.25, 0.3) is 5.91 Å². The molecule has 0 unspecified atom stereocenters. The first-order chi connectivity index (χ1) is 13.9. The van der Waals surface area contributed by atoms with Crippen LogP contribution in [0.2, 0.25) is 5.02 Å². The van der Waals surface area contributed by atoms with Gasteiger partial charge < -0.3 is 24.3 Å². The van der Waals surface area contributed by atoms with E-state index in [0.717, 1.165) is 0 Å². The summed E-state index contributed by atoms with van der Waals surface area (Å²) in [7, 11) is 4.41. The average Bonchev–Trinajstić information content (AvgIpc) is 2.72. The molecule has 0 aliphatic rings. The van der Waals surface area contributed by atoms with Crippen LogP contribution >= 0.6 is 11.6 Å². The van der Waals surface area contributed by atoms with Crippen molar-refractivity contribution in [3.8, 4) is 17.2 Å². The molecule has 2 rings (SSSR count). The number of amides is 1. The summed E-state index contributed by atoms with van der Waals surface area (Å²) in [6.07, 6.45) is -0.0618. The number of ether oxygens (including phenoxy) is 4. The van der Waals surface area contributed by atoms with Gasteiger partial charge >= 0.3 is 5.97 Å². The van der Waals surface area contributed by atoms with Crippen LogP contribution in [0.5, 0.6) is 17.2 Å². The van der Waals surface area contributed by atoms with E-state index >= 15 is 0 Å². The number of esters is 1. The van der Waals surface area contributed by atoms with Gasteiger partial charge in [-0.25, -0.2) is 0 Å². The molecule has 0 bridgehead atoms. The highest BCUT2D eigenvalue weighted by atomic mass is 35.5. The molecule has 0 spiro atoms. The van der Waals surface area contributed by atoms with Crippen LogP contribution in [-0.2, 0) is 9.53 Å². The van der Waals surface area contributed by atoms with Gasteiger partial charge in [-0.1, -0.05) is 29.8 Å². The molecule has 0 heterocycles. The Morgan fingerprint density at radius 1 is 1.03 bits per heavy atom. The van der Waals surface area contributed by atoms with E-state index in [1.54, 1.807) is 31.2 Å². The SMILES string of the molecule is CCOC(=O)C[C@H](NC(=O)c1cc(OC)c(OC)c(OC)c1)c1ccccc1Cl. The van der Waals surface area contributed by atoms with Gasteiger partial charge in [-0.2, -0.15) is 0 Å². The molecular weight excluding hydrogens is 398 g/mol. The second-order valence-corrected chi connectivity index (χ2v) is 6.38. The fourth-order valence-corrected chi connectivity index (χ4v) is 3.10. The Bertz CT molecular complexity index is 845. The molecule has 156 valence electrons. The Balaban J connectivity index is 2.36. The maximum Gasteiger partial charge on any atom is 0.308 e. The predicted octanol–water partition coefficient (Wildman–Crippen LogP) is 3.79. The normalized spacial score (nSPS) is 11.3. The van der Waals surface area contributed by atoms with Gasteiger partial charge in [0.1, 0.15) is 0 Å². The van der Waals surface area contributed by atoms with E-state index in [9.17, 15) is 9.59 Å². The fourth-order valence-electron chi connectivity index (χ4n) is 2.84. The highest BCUT2D eigenvalue weighted by Gasteiger charge is 2.24. The number of halogens is 1. The van der Waals surface area contributed by atoms with Crippen molar-refractivity contribution >= 4 is 23.5 Å². The monoisotopic (exact) mass is 421 g/mol. The minimum atomic E-state index is -0.672. The topological polar surface area (TPSA) is 83.1 Å². The van der Waals surface area contributed by atoms with Crippen molar-refractivity contribution in [2.45, 2.75) is 19.4 Å². The van der Waals surface area contributed by atoms with Crippen molar-refractivity contribution in [3.63, 3.8) is 0 Å². The summed E-state index contributed by atoms with van der Waals surface area (Å²) in [5.74, 6) is 0.190. The van der Waals surface area contributed by atoms with E-state index < -0.39 is 17.9 Å². The number of nitrogens with one attached hydrogen (secondary N) is 1. The zero-order chi connectivity index (χ0) is 21.4. The van der Waals surface area contributed by atoms with E-state index in [-0.39, 0.29) is 18.6 Å². The molecule has 1 atom stereocenters. The first-order valence-electron chi connectivity index (χ1n) is 8.96. The zero-order valence-corrected chi connectivity index (χ0v) is 17.5. The van der Waals surface area contributed by atoms with E-state index in [1.165, 1.54) is 33.5 Å². The minimum Gasteiger partial charge on any atom is -0.493 e. The summed E-state index contributed by atoms with van der Waals surface area (Å²) in [5.41, 5.74) is 0.892. The molecule has 2 aromatic carbocycles. The lowest BCUT2D eigenvalue weighted by atomic mass is 10.0. The second kappa shape index (κ2) is 10.6. The van der Waals surface area contributed by atoms with Crippen LogP contribution in [0.25, 0.3) is 0 Å². The van der Waals surface area contributed by atoms with Crippen molar-refractivity contribution in [2.75, 3.05) is 27.9 Å². The lowest BCUT2D eigenvalue weighted by molar-refractivity contribution is -0.143. The van der Waals surface area contributed by atoms with E-state index in [2.05, 4.69) is 5.32 Å². The van der Waals surface area contributed by atoms with Crippen LogP contribution < -0.4 is 19.5 Å². The third-order valence-electron chi connectivity index (χ3n) is 4.19. The highest BCUT2D eigenvalue weighted by molar-refractivity contribution is 6.31. The number of rotatable bonds is 9. The fraction of sp³-hybridized carbons (Fsp3) is 0.333. The average molecular weight is 422 g/mol. The van der Waals surface area contributed by atoms with Crippen LogP contribution in [0.1, 0.15) is 35.3 Å². The summed E-state index contributed by atoms with van der Waals surface area (Å²) in [6, 6.07) is 9.39. The van der Waals surface area contributed by atoms with Crippen molar-refractivity contribution in [1.29, 1.82) is 0 Å². The zero-order valence-electron chi connectivity index (χ0n) is 16.8. The Morgan fingerprint density at radius 3 is 2.17 bits per heavy atom. The van der Waals surface area contributed by atoms with Crippen LogP contribution in [0.15, 0.2) is 36.4 Å². The maximum atomic E-state index is 13.0. The lowest BCUT2D eigenvalue weighted by Gasteiger charge is -2.20. The highest BCUT2D eigenvalue weighted by Crippen LogP contribution is 2.38. The third-order valence-corrected chi connectivity index (χ3v) is 4.53. The van der Waals surface area contributed by atoms with Crippen molar-refractivity contribution in [3.05, 3.63) is 52.5 Å². The Kier molecular flexibility index (Phi) is 8.15. The molecule has 8 heteroatoms. The minimum absolute atomic E-state index is 0.0618. The Hall–Kier alpha value is -2.93. The molecule has 0 aliphatic carbocycles. The third kappa shape index (κ3) is 5.54. The number of carbonyl (C=O) groups is 2. The molecule has 0 saturated heterocycles. The molecule has 0 radical (unpaired) electrons. The maximum absolute atomic E-state index is 13.0. The molecule has 2 aromatic rings. The van der Waals surface area contributed by atoms with Crippen molar-refractivity contribution in [2.24, 2.45) is 0 Å². The van der Waals surface area contributed by atoms with Crippen LogP contribution in [0.3, 0.4) is 0 Å². The second-order valence-electron chi connectivity index (χ2n) is 5.97. The summed E-state index contributed by atoms with van der Waals surface area (Å²) >= 11 is 6.28. The van der Waals surface area contributed by atoms with Gasteiger partial charge in [-0.15, -0.1) is 0 Å². The largest absolute Gasteiger partial charge is 0.493 e. The standard InChI is InChI=1S/C21H24ClNO6/c1-5-29-19(24)12-16(14-8-6-7-9-15(14)22)23-21(25)13-10-17(26-2)20(28-4)18(11-13)27-3/h6-11,16H,5,12H2,1-4H3,(H,23,25)/t16-/m0/s1. The van der Waals surface area contributed by atoms with Gasteiger partial charge in [0.15, 0.2) is 11.5 Å². The van der Waals surface area contributed by atoms with Crippen LogP contribution in [0, 0.1) is 0 Å². The lowest BCUT2D eigenvalue weighted by Crippen LogP contribution is -2.31. The number of methoxy groups -OCH3 is 3. The molecule has 0 fully saturated rings. The molecule has 1 amide bonds. The summed E-state index contributed by atoms with van der Waals surface area (Å²) in [5, 5.41) is 3.28. The first kappa shape index (κ1) is 22.4. The van der Waals surface area contributed by atoms with Crippen LogP contribution in [0.4, 0.5) is 0 Å². The van der Waals surface area contributed by atoms with Crippen molar-refractivity contribution < 1.29 is 28.5 Å². The van der Waals surface area contributed by atoms with E-state index in [1.807, 2.05) is 0 Å². The van der Waals surface area contributed by atoms with Gasteiger partial charge in [-0.05, 0) is 30.7 Å². The number of benzene rings is 2.